The second kappa shape index (κ2) is 6.21. The number of benzene rings is 1. The molecule has 2 rings (SSSR count). The number of aryl methyl sites for hydroxylation is 2. The minimum atomic E-state index is -0.148. The van der Waals surface area contributed by atoms with Gasteiger partial charge in [-0.3, -0.25) is 15.3 Å². The highest BCUT2D eigenvalue weighted by Gasteiger charge is 2.10. The maximum absolute atomic E-state index is 12.1. The van der Waals surface area contributed by atoms with Gasteiger partial charge in [0, 0.05) is 12.7 Å². The van der Waals surface area contributed by atoms with Crippen LogP contribution in [-0.4, -0.2) is 22.2 Å². The Balaban J connectivity index is 1.96. The number of aromatic nitrogens is 2. The average Bonchev–Trinajstić information content (AvgIpc) is 2.84. The van der Waals surface area contributed by atoms with Crippen molar-refractivity contribution in [2.24, 2.45) is 5.84 Å². The van der Waals surface area contributed by atoms with E-state index in [1.54, 1.807) is 16.9 Å². The quantitative estimate of drug-likeness (QED) is 0.565. The van der Waals surface area contributed by atoms with E-state index in [1.807, 2.05) is 32.2 Å². The Hall–Kier alpha value is -2.34. The normalized spacial score (nSPS) is 10.3. The summed E-state index contributed by atoms with van der Waals surface area (Å²) < 4.78 is 1.80. The molecule has 0 fully saturated rings. The fraction of sp³-hybridized carbons (Fsp3) is 0.286. The SMILES string of the molecule is Cc1ccc(NN)c(C(=O)NCCn2cc(C)cn2)c1. The lowest BCUT2D eigenvalue weighted by Gasteiger charge is -2.10. The summed E-state index contributed by atoms with van der Waals surface area (Å²) in [6, 6.07) is 5.50. The summed E-state index contributed by atoms with van der Waals surface area (Å²) in [5.41, 5.74) is 5.81. The zero-order valence-electron chi connectivity index (χ0n) is 11.7. The van der Waals surface area contributed by atoms with Gasteiger partial charge in [-0.1, -0.05) is 11.6 Å². The first kappa shape index (κ1) is 14.1. The second-order valence-corrected chi connectivity index (χ2v) is 4.73. The first-order valence-corrected chi connectivity index (χ1v) is 6.44. The van der Waals surface area contributed by atoms with Gasteiger partial charge in [0.2, 0.25) is 0 Å². The summed E-state index contributed by atoms with van der Waals surface area (Å²) in [6.07, 6.45) is 3.73. The molecule has 0 aliphatic carbocycles. The van der Waals surface area contributed by atoms with Crippen LogP contribution in [0.1, 0.15) is 21.5 Å². The number of anilines is 1. The second-order valence-electron chi connectivity index (χ2n) is 4.73. The molecule has 0 saturated carbocycles. The van der Waals surface area contributed by atoms with Gasteiger partial charge in [-0.25, -0.2) is 0 Å². The molecule has 6 heteroatoms. The largest absolute Gasteiger partial charge is 0.350 e. The molecule has 0 unspecified atom stereocenters. The fourth-order valence-corrected chi connectivity index (χ4v) is 1.94. The van der Waals surface area contributed by atoms with Crippen LogP contribution in [0.4, 0.5) is 5.69 Å². The van der Waals surface area contributed by atoms with Crippen molar-refractivity contribution < 1.29 is 4.79 Å². The highest BCUT2D eigenvalue weighted by atomic mass is 16.1. The number of nitrogens with two attached hydrogens (primary N) is 1. The molecular weight excluding hydrogens is 254 g/mol. The molecule has 1 heterocycles. The van der Waals surface area contributed by atoms with E-state index in [0.29, 0.717) is 24.3 Å². The van der Waals surface area contributed by atoms with Gasteiger partial charge in [0.25, 0.3) is 5.91 Å². The standard InChI is InChI=1S/C14H19N5O/c1-10-3-4-13(18-15)12(7-10)14(20)16-5-6-19-9-11(2)8-17-19/h3-4,7-9,18H,5-6,15H2,1-2H3,(H,16,20). The molecule has 0 spiro atoms. The van der Waals surface area contributed by atoms with Gasteiger partial charge < -0.3 is 10.7 Å². The van der Waals surface area contributed by atoms with Crippen LogP contribution in [0.2, 0.25) is 0 Å². The molecule has 1 aromatic heterocycles. The third-order valence-corrected chi connectivity index (χ3v) is 2.96. The van der Waals surface area contributed by atoms with Crippen molar-refractivity contribution in [3.05, 3.63) is 47.3 Å². The van der Waals surface area contributed by atoms with E-state index < -0.39 is 0 Å². The molecule has 20 heavy (non-hydrogen) atoms. The number of hydrazine groups is 1. The number of nitrogens with zero attached hydrogens (tertiary/aromatic N) is 2. The third kappa shape index (κ3) is 3.36. The number of carbonyl (C=O) groups is 1. The lowest BCUT2D eigenvalue weighted by molar-refractivity contribution is 0.0952. The molecule has 0 atom stereocenters. The minimum absolute atomic E-state index is 0.148. The first-order valence-electron chi connectivity index (χ1n) is 6.44. The predicted molar refractivity (Wildman–Crippen MR) is 78.3 cm³/mol. The van der Waals surface area contributed by atoms with Crippen molar-refractivity contribution in [2.45, 2.75) is 20.4 Å². The summed E-state index contributed by atoms with van der Waals surface area (Å²) in [5.74, 6) is 5.27. The number of amides is 1. The van der Waals surface area contributed by atoms with Crippen molar-refractivity contribution >= 4 is 11.6 Å². The molecule has 4 N–H and O–H groups in total. The maximum Gasteiger partial charge on any atom is 0.253 e. The van der Waals surface area contributed by atoms with E-state index in [1.165, 1.54) is 0 Å². The summed E-state index contributed by atoms with van der Waals surface area (Å²) >= 11 is 0. The van der Waals surface area contributed by atoms with Crippen LogP contribution in [-0.2, 0) is 6.54 Å². The van der Waals surface area contributed by atoms with Crippen molar-refractivity contribution in [1.29, 1.82) is 0 Å². The van der Waals surface area contributed by atoms with Crippen LogP contribution in [0.15, 0.2) is 30.6 Å². The van der Waals surface area contributed by atoms with Gasteiger partial charge in [-0.05, 0) is 31.5 Å². The summed E-state index contributed by atoms with van der Waals surface area (Å²) in [6.45, 7) is 5.06. The van der Waals surface area contributed by atoms with Gasteiger partial charge >= 0.3 is 0 Å². The molecule has 0 radical (unpaired) electrons. The number of carbonyl (C=O) groups excluding carboxylic acids is 1. The van der Waals surface area contributed by atoms with Gasteiger partial charge in [-0.15, -0.1) is 0 Å². The van der Waals surface area contributed by atoms with E-state index >= 15 is 0 Å². The summed E-state index contributed by atoms with van der Waals surface area (Å²) in [5, 5.41) is 7.03. The summed E-state index contributed by atoms with van der Waals surface area (Å²) in [7, 11) is 0. The van der Waals surface area contributed by atoms with Crippen LogP contribution in [0.25, 0.3) is 0 Å². The molecular formula is C14H19N5O. The fourth-order valence-electron chi connectivity index (χ4n) is 1.94. The van der Waals surface area contributed by atoms with E-state index in [0.717, 1.165) is 11.1 Å². The van der Waals surface area contributed by atoms with Gasteiger partial charge in [0.1, 0.15) is 0 Å². The molecule has 6 nitrogen and oxygen atoms in total. The van der Waals surface area contributed by atoms with Crippen LogP contribution >= 0.6 is 0 Å². The highest BCUT2D eigenvalue weighted by molar-refractivity contribution is 5.99. The van der Waals surface area contributed by atoms with Gasteiger partial charge in [0.05, 0.1) is 24.0 Å². The number of nitrogen functional groups attached to an aromatic ring is 1. The molecule has 1 amide bonds. The number of nitrogens with one attached hydrogen (secondary N) is 2. The summed E-state index contributed by atoms with van der Waals surface area (Å²) in [4.78, 5) is 12.1. The Bertz CT molecular complexity index is 605. The Labute approximate surface area is 117 Å². The Morgan fingerprint density at radius 2 is 2.15 bits per heavy atom. The zero-order chi connectivity index (χ0) is 14.5. The van der Waals surface area contributed by atoms with Gasteiger partial charge in [0.15, 0.2) is 0 Å². The Morgan fingerprint density at radius 1 is 1.35 bits per heavy atom. The van der Waals surface area contributed by atoms with Crippen LogP contribution < -0.4 is 16.6 Å². The third-order valence-electron chi connectivity index (χ3n) is 2.96. The molecule has 0 saturated heterocycles. The predicted octanol–water partition coefficient (Wildman–Crippen LogP) is 1.22. The Kier molecular flexibility index (Phi) is 4.37. The Morgan fingerprint density at radius 3 is 2.80 bits per heavy atom. The topological polar surface area (TPSA) is 85.0 Å². The molecule has 0 aliphatic rings. The lowest BCUT2D eigenvalue weighted by atomic mass is 10.1. The van der Waals surface area contributed by atoms with E-state index in [2.05, 4.69) is 15.8 Å². The first-order chi connectivity index (χ1) is 9.60. The number of hydrogen-bond acceptors (Lipinski definition) is 4. The van der Waals surface area contributed by atoms with Crippen molar-refractivity contribution in [1.82, 2.24) is 15.1 Å². The lowest BCUT2D eigenvalue weighted by Crippen LogP contribution is -2.28. The van der Waals surface area contributed by atoms with Crippen LogP contribution in [0.5, 0.6) is 0 Å². The van der Waals surface area contributed by atoms with E-state index in [-0.39, 0.29) is 5.91 Å². The molecule has 0 bridgehead atoms. The zero-order valence-corrected chi connectivity index (χ0v) is 11.7. The average molecular weight is 273 g/mol. The van der Waals surface area contributed by atoms with Crippen molar-refractivity contribution in [3.8, 4) is 0 Å². The maximum atomic E-state index is 12.1. The smallest absolute Gasteiger partial charge is 0.253 e. The van der Waals surface area contributed by atoms with E-state index in [4.69, 9.17) is 5.84 Å². The van der Waals surface area contributed by atoms with Gasteiger partial charge in [-0.2, -0.15) is 5.10 Å². The van der Waals surface area contributed by atoms with E-state index in [9.17, 15) is 4.79 Å². The molecule has 0 aliphatic heterocycles. The molecule has 2 aromatic rings. The number of hydrogen-bond donors (Lipinski definition) is 3. The minimum Gasteiger partial charge on any atom is -0.350 e. The van der Waals surface area contributed by atoms with Crippen molar-refractivity contribution in [3.63, 3.8) is 0 Å². The van der Waals surface area contributed by atoms with Crippen LogP contribution in [0.3, 0.4) is 0 Å². The number of rotatable bonds is 5. The molecule has 106 valence electrons. The highest BCUT2D eigenvalue weighted by Crippen LogP contribution is 2.15. The van der Waals surface area contributed by atoms with Crippen LogP contribution in [0, 0.1) is 13.8 Å². The molecule has 1 aromatic carbocycles. The van der Waals surface area contributed by atoms with Crippen molar-refractivity contribution in [2.75, 3.05) is 12.0 Å². The monoisotopic (exact) mass is 273 g/mol.